The van der Waals surface area contributed by atoms with E-state index in [1.165, 1.54) is 11.1 Å². The first-order valence-corrected chi connectivity index (χ1v) is 6.54. The highest BCUT2D eigenvalue weighted by molar-refractivity contribution is 5.67. The molecule has 2 atom stereocenters. The SMILES string of the molecule is Cc1ccc(C2=CN3C=CC=C([C@H](C)O)[C@H]3N2)cc1. The van der Waals surface area contributed by atoms with Crippen LogP contribution in [0.2, 0.25) is 0 Å². The predicted octanol–water partition coefficient (Wildman–Crippen LogP) is 2.36. The third kappa shape index (κ3) is 2.17. The average molecular weight is 254 g/mol. The van der Waals surface area contributed by atoms with Crippen LogP contribution in [0, 0.1) is 6.92 Å². The molecule has 3 rings (SSSR count). The van der Waals surface area contributed by atoms with Crippen molar-refractivity contribution in [3.05, 3.63) is 65.5 Å². The zero-order chi connectivity index (χ0) is 13.4. The Bertz CT molecular complexity index is 567. The zero-order valence-electron chi connectivity index (χ0n) is 11.2. The van der Waals surface area contributed by atoms with Crippen LogP contribution < -0.4 is 5.32 Å². The molecule has 2 heterocycles. The van der Waals surface area contributed by atoms with E-state index in [2.05, 4.69) is 47.6 Å². The fourth-order valence-electron chi connectivity index (χ4n) is 2.47. The van der Waals surface area contributed by atoms with Crippen molar-refractivity contribution in [2.75, 3.05) is 0 Å². The van der Waals surface area contributed by atoms with Crippen molar-refractivity contribution in [2.45, 2.75) is 26.1 Å². The highest BCUT2D eigenvalue weighted by atomic mass is 16.3. The van der Waals surface area contributed by atoms with Crippen LogP contribution in [0.15, 0.2) is 54.4 Å². The third-order valence-corrected chi connectivity index (χ3v) is 3.58. The van der Waals surface area contributed by atoms with E-state index < -0.39 is 6.10 Å². The summed E-state index contributed by atoms with van der Waals surface area (Å²) in [6, 6.07) is 8.44. The molecule has 1 aromatic rings. The molecule has 3 heteroatoms. The third-order valence-electron chi connectivity index (χ3n) is 3.58. The van der Waals surface area contributed by atoms with E-state index in [4.69, 9.17) is 0 Å². The summed E-state index contributed by atoms with van der Waals surface area (Å²) in [5.41, 5.74) is 4.49. The van der Waals surface area contributed by atoms with E-state index in [1.54, 1.807) is 6.92 Å². The number of nitrogens with one attached hydrogen (secondary N) is 1. The van der Waals surface area contributed by atoms with Gasteiger partial charge in [0.25, 0.3) is 0 Å². The van der Waals surface area contributed by atoms with Gasteiger partial charge in [0.1, 0.15) is 6.17 Å². The molecule has 0 saturated carbocycles. The van der Waals surface area contributed by atoms with Crippen molar-refractivity contribution in [1.29, 1.82) is 0 Å². The van der Waals surface area contributed by atoms with Gasteiger partial charge in [0.05, 0.1) is 11.8 Å². The molecule has 2 aliphatic rings. The largest absolute Gasteiger partial charge is 0.389 e. The number of aryl methyl sites for hydroxylation is 1. The first-order valence-electron chi connectivity index (χ1n) is 6.54. The first kappa shape index (κ1) is 12.1. The monoisotopic (exact) mass is 254 g/mol. The standard InChI is InChI=1S/C16H18N2O/c1-11-5-7-13(8-6-11)15-10-18-9-3-4-14(12(2)19)16(18)17-15/h3-10,12,16-17,19H,1-2H3/t12-,16-/m0/s1. The lowest BCUT2D eigenvalue weighted by Crippen LogP contribution is -2.39. The molecule has 1 aromatic carbocycles. The molecule has 3 nitrogen and oxygen atoms in total. The molecule has 0 amide bonds. The van der Waals surface area contributed by atoms with Gasteiger partial charge >= 0.3 is 0 Å². The number of aliphatic hydroxyl groups is 1. The molecule has 0 spiro atoms. The van der Waals surface area contributed by atoms with Gasteiger partial charge in [-0.3, -0.25) is 0 Å². The Hall–Kier alpha value is -2.00. The molecule has 0 aliphatic carbocycles. The minimum Gasteiger partial charge on any atom is -0.389 e. The van der Waals surface area contributed by atoms with Gasteiger partial charge in [-0.05, 0) is 25.5 Å². The summed E-state index contributed by atoms with van der Waals surface area (Å²) in [7, 11) is 0. The average Bonchev–Trinajstić information content (AvgIpc) is 2.82. The summed E-state index contributed by atoms with van der Waals surface area (Å²) >= 11 is 0. The Kier molecular flexibility index (Phi) is 2.91. The second-order valence-corrected chi connectivity index (χ2v) is 5.09. The van der Waals surface area contributed by atoms with Crippen LogP contribution in [-0.2, 0) is 0 Å². The normalized spacial score (nSPS) is 22.5. The van der Waals surface area contributed by atoms with Crippen LogP contribution in [0.4, 0.5) is 0 Å². The Labute approximate surface area is 113 Å². The van der Waals surface area contributed by atoms with Crippen molar-refractivity contribution in [3.8, 4) is 0 Å². The lowest BCUT2D eigenvalue weighted by atomic mass is 10.1. The smallest absolute Gasteiger partial charge is 0.128 e. The highest BCUT2D eigenvalue weighted by Gasteiger charge is 2.29. The number of rotatable bonds is 2. The Balaban J connectivity index is 1.87. The molecule has 2 N–H and O–H groups in total. The van der Waals surface area contributed by atoms with Crippen LogP contribution in [0.25, 0.3) is 5.70 Å². The minimum absolute atomic E-state index is 0.0290. The van der Waals surface area contributed by atoms with Gasteiger partial charge in [-0.2, -0.15) is 0 Å². The Morgan fingerprint density at radius 3 is 2.68 bits per heavy atom. The van der Waals surface area contributed by atoms with Crippen molar-refractivity contribution >= 4 is 5.70 Å². The maximum Gasteiger partial charge on any atom is 0.128 e. The molecular formula is C16H18N2O. The van der Waals surface area contributed by atoms with E-state index >= 15 is 0 Å². The van der Waals surface area contributed by atoms with Crippen LogP contribution in [0.5, 0.6) is 0 Å². The Morgan fingerprint density at radius 1 is 1.26 bits per heavy atom. The molecular weight excluding hydrogens is 236 g/mol. The first-order chi connectivity index (χ1) is 9.15. The van der Waals surface area contributed by atoms with Gasteiger partial charge in [-0.25, -0.2) is 0 Å². The highest BCUT2D eigenvalue weighted by Crippen LogP contribution is 2.28. The summed E-state index contributed by atoms with van der Waals surface area (Å²) in [6.45, 7) is 3.88. The molecule has 0 radical (unpaired) electrons. The van der Waals surface area contributed by atoms with E-state index in [9.17, 15) is 5.11 Å². The number of nitrogens with zero attached hydrogens (tertiary/aromatic N) is 1. The summed E-state index contributed by atoms with van der Waals surface area (Å²) in [5, 5.41) is 13.3. The van der Waals surface area contributed by atoms with E-state index in [-0.39, 0.29) is 6.17 Å². The van der Waals surface area contributed by atoms with Gasteiger partial charge in [0, 0.05) is 18.0 Å². The van der Waals surface area contributed by atoms with Crippen LogP contribution in [0.1, 0.15) is 18.1 Å². The predicted molar refractivity (Wildman–Crippen MR) is 76.8 cm³/mol. The number of hydrogen-bond acceptors (Lipinski definition) is 3. The number of aliphatic hydroxyl groups excluding tert-OH is 1. The second-order valence-electron chi connectivity index (χ2n) is 5.09. The summed E-state index contributed by atoms with van der Waals surface area (Å²) < 4.78 is 0. The summed E-state index contributed by atoms with van der Waals surface area (Å²) in [4.78, 5) is 2.09. The molecule has 0 unspecified atom stereocenters. The zero-order valence-corrected chi connectivity index (χ0v) is 11.2. The van der Waals surface area contributed by atoms with Crippen molar-refractivity contribution in [2.24, 2.45) is 0 Å². The van der Waals surface area contributed by atoms with Crippen LogP contribution in [0.3, 0.4) is 0 Å². The number of hydrogen-bond donors (Lipinski definition) is 2. The van der Waals surface area contributed by atoms with Gasteiger partial charge in [-0.15, -0.1) is 0 Å². The van der Waals surface area contributed by atoms with Crippen LogP contribution >= 0.6 is 0 Å². The van der Waals surface area contributed by atoms with Gasteiger partial charge < -0.3 is 15.3 Å². The summed E-state index contributed by atoms with van der Waals surface area (Å²) in [5.74, 6) is 0. The molecule has 0 fully saturated rings. The number of benzene rings is 1. The maximum absolute atomic E-state index is 9.83. The molecule has 2 aliphatic heterocycles. The lowest BCUT2D eigenvalue weighted by Gasteiger charge is -2.29. The maximum atomic E-state index is 9.83. The van der Waals surface area contributed by atoms with E-state index in [0.29, 0.717) is 0 Å². The molecule has 0 saturated heterocycles. The quantitative estimate of drug-likeness (QED) is 0.850. The van der Waals surface area contributed by atoms with Crippen molar-refractivity contribution in [1.82, 2.24) is 10.2 Å². The van der Waals surface area contributed by atoms with Gasteiger partial charge in [0.2, 0.25) is 0 Å². The molecule has 0 bridgehead atoms. The van der Waals surface area contributed by atoms with Crippen molar-refractivity contribution in [3.63, 3.8) is 0 Å². The van der Waals surface area contributed by atoms with Crippen molar-refractivity contribution < 1.29 is 5.11 Å². The molecule has 0 aromatic heterocycles. The van der Waals surface area contributed by atoms with Gasteiger partial charge in [-0.1, -0.05) is 35.9 Å². The fraction of sp³-hybridized carbons (Fsp3) is 0.250. The molecule has 98 valence electrons. The number of fused-ring (bicyclic) bond motifs is 1. The Morgan fingerprint density at radius 2 is 2.00 bits per heavy atom. The summed E-state index contributed by atoms with van der Waals surface area (Å²) in [6.07, 6.45) is 7.63. The topological polar surface area (TPSA) is 35.5 Å². The van der Waals surface area contributed by atoms with Crippen LogP contribution in [-0.4, -0.2) is 22.3 Å². The minimum atomic E-state index is -0.448. The fourth-order valence-corrected chi connectivity index (χ4v) is 2.47. The second kappa shape index (κ2) is 4.59. The molecule has 19 heavy (non-hydrogen) atoms. The van der Waals surface area contributed by atoms with E-state index in [1.807, 2.05) is 18.4 Å². The number of allylic oxidation sites excluding steroid dienone is 2. The lowest BCUT2D eigenvalue weighted by molar-refractivity contribution is 0.206. The van der Waals surface area contributed by atoms with Gasteiger partial charge in [0.15, 0.2) is 0 Å². The van der Waals surface area contributed by atoms with E-state index in [0.717, 1.165) is 11.3 Å².